The monoisotopic (exact) mass is 300 g/mol. The summed E-state index contributed by atoms with van der Waals surface area (Å²) >= 11 is 0. The van der Waals surface area contributed by atoms with Crippen LogP contribution in [0.1, 0.15) is 16.8 Å². The molecule has 0 spiro atoms. The highest BCUT2D eigenvalue weighted by Gasteiger charge is 2.28. The van der Waals surface area contributed by atoms with Gasteiger partial charge in [-0.1, -0.05) is 0 Å². The van der Waals surface area contributed by atoms with Crippen LogP contribution in [0, 0.1) is 0 Å². The summed E-state index contributed by atoms with van der Waals surface area (Å²) in [5.41, 5.74) is -0.337. The Morgan fingerprint density at radius 1 is 1.38 bits per heavy atom. The third-order valence-corrected chi connectivity index (χ3v) is 2.77. The summed E-state index contributed by atoms with van der Waals surface area (Å²) in [6.45, 7) is -3.19. The van der Waals surface area contributed by atoms with Gasteiger partial charge in [0.2, 0.25) is 5.91 Å². The molecule has 7 nitrogen and oxygen atoms in total. The van der Waals surface area contributed by atoms with E-state index >= 15 is 0 Å². The zero-order chi connectivity index (χ0) is 15.6. The molecule has 1 aromatic carbocycles. The van der Waals surface area contributed by atoms with Crippen molar-refractivity contribution in [2.24, 2.45) is 0 Å². The zero-order valence-corrected chi connectivity index (χ0v) is 10.5. The fraction of sp³-hybridized carbons (Fsp3) is 0.250. The fourth-order valence-electron chi connectivity index (χ4n) is 1.85. The minimum Gasteiger partial charge on any atom is -0.478 e. The largest absolute Gasteiger partial charge is 0.478 e. The Morgan fingerprint density at radius 2 is 2.10 bits per heavy atom. The number of rotatable bonds is 4. The van der Waals surface area contributed by atoms with Gasteiger partial charge in [0.05, 0.1) is 11.3 Å². The second-order valence-corrected chi connectivity index (χ2v) is 4.12. The number of urea groups is 1. The summed E-state index contributed by atoms with van der Waals surface area (Å²) in [6, 6.07) is 2.33. The summed E-state index contributed by atoms with van der Waals surface area (Å²) in [5, 5.41) is 10.9. The van der Waals surface area contributed by atoms with Crippen molar-refractivity contribution in [3.05, 3.63) is 23.8 Å². The molecule has 2 rings (SSSR count). The van der Waals surface area contributed by atoms with Gasteiger partial charge >= 0.3 is 18.6 Å². The smallest absolute Gasteiger partial charge is 0.387 e. The van der Waals surface area contributed by atoms with E-state index in [-0.39, 0.29) is 30.0 Å². The number of hydrogen-bond acceptors (Lipinski definition) is 4. The van der Waals surface area contributed by atoms with Gasteiger partial charge in [-0.2, -0.15) is 8.78 Å². The molecule has 0 unspecified atom stereocenters. The van der Waals surface area contributed by atoms with E-state index in [9.17, 15) is 23.2 Å². The first-order chi connectivity index (χ1) is 9.88. The molecular weight excluding hydrogens is 290 g/mol. The third kappa shape index (κ3) is 3.25. The van der Waals surface area contributed by atoms with E-state index in [1.807, 2.05) is 5.32 Å². The number of anilines is 1. The van der Waals surface area contributed by atoms with Gasteiger partial charge in [-0.25, -0.2) is 9.59 Å². The van der Waals surface area contributed by atoms with E-state index in [0.717, 1.165) is 23.1 Å². The lowest BCUT2D eigenvalue weighted by Gasteiger charge is -2.28. The molecule has 3 amide bonds. The first-order valence-electron chi connectivity index (χ1n) is 5.82. The van der Waals surface area contributed by atoms with Crippen LogP contribution in [0.15, 0.2) is 18.2 Å². The molecule has 0 bridgehead atoms. The lowest BCUT2D eigenvalue weighted by molar-refractivity contribution is -0.120. The number of hydrogen-bond donors (Lipinski definition) is 2. The quantitative estimate of drug-likeness (QED) is 0.877. The molecule has 1 aromatic rings. The summed E-state index contributed by atoms with van der Waals surface area (Å²) in [7, 11) is 0. The molecule has 112 valence electrons. The molecular formula is C12H10F2N2O5. The van der Waals surface area contributed by atoms with Gasteiger partial charge in [-0.3, -0.25) is 15.0 Å². The van der Waals surface area contributed by atoms with Crippen LogP contribution >= 0.6 is 0 Å². The van der Waals surface area contributed by atoms with Crippen molar-refractivity contribution in [1.29, 1.82) is 0 Å². The number of carbonyl (C=O) groups excluding carboxylic acids is 2. The molecule has 1 fully saturated rings. The van der Waals surface area contributed by atoms with Gasteiger partial charge in [-0.15, -0.1) is 0 Å². The van der Waals surface area contributed by atoms with Gasteiger partial charge in [0.15, 0.2) is 0 Å². The SMILES string of the molecule is O=C1CCN(c2cc(C(=O)O)ccc2OC(F)F)C(=O)N1. The number of carboxylic acids is 1. The first-order valence-corrected chi connectivity index (χ1v) is 5.82. The van der Waals surface area contributed by atoms with Gasteiger partial charge in [0, 0.05) is 13.0 Å². The fourth-order valence-corrected chi connectivity index (χ4v) is 1.85. The molecule has 0 aromatic heterocycles. The Kier molecular flexibility index (Phi) is 4.01. The summed E-state index contributed by atoms with van der Waals surface area (Å²) in [4.78, 5) is 34.7. The number of alkyl halides is 2. The minimum atomic E-state index is -3.13. The Balaban J connectivity index is 2.42. The topological polar surface area (TPSA) is 95.9 Å². The molecule has 0 radical (unpaired) electrons. The predicted octanol–water partition coefficient (Wildman–Crippen LogP) is 1.43. The lowest BCUT2D eigenvalue weighted by atomic mass is 10.1. The molecule has 1 aliphatic rings. The second kappa shape index (κ2) is 5.73. The molecule has 0 saturated carbocycles. The highest BCUT2D eigenvalue weighted by Crippen LogP contribution is 2.32. The Labute approximate surface area is 117 Å². The van der Waals surface area contributed by atoms with Crippen LogP contribution in [0.25, 0.3) is 0 Å². The number of amides is 3. The summed E-state index contributed by atoms with van der Waals surface area (Å²) in [6.07, 6.45) is -0.0306. The molecule has 21 heavy (non-hydrogen) atoms. The van der Waals surface area contributed by atoms with Crippen LogP contribution in [-0.4, -0.2) is 36.2 Å². The molecule has 2 N–H and O–H groups in total. The van der Waals surface area contributed by atoms with Crippen molar-refractivity contribution in [3.63, 3.8) is 0 Å². The lowest BCUT2D eigenvalue weighted by Crippen LogP contribution is -2.49. The van der Waals surface area contributed by atoms with Crippen LogP contribution in [0.2, 0.25) is 0 Å². The Bertz CT molecular complexity index is 605. The van der Waals surface area contributed by atoms with E-state index in [2.05, 4.69) is 4.74 Å². The van der Waals surface area contributed by atoms with Crippen molar-refractivity contribution < 1.29 is 33.0 Å². The zero-order valence-electron chi connectivity index (χ0n) is 10.5. The maximum absolute atomic E-state index is 12.4. The van der Waals surface area contributed by atoms with Crippen LogP contribution < -0.4 is 15.0 Å². The molecule has 9 heteroatoms. The molecule has 0 atom stereocenters. The maximum Gasteiger partial charge on any atom is 0.387 e. The van der Waals surface area contributed by atoms with Crippen LogP contribution in [0.5, 0.6) is 5.75 Å². The van der Waals surface area contributed by atoms with Crippen molar-refractivity contribution >= 4 is 23.6 Å². The predicted molar refractivity (Wildman–Crippen MR) is 65.5 cm³/mol. The van der Waals surface area contributed by atoms with Crippen LogP contribution in [0.3, 0.4) is 0 Å². The number of aromatic carboxylic acids is 1. The van der Waals surface area contributed by atoms with E-state index in [1.165, 1.54) is 0 Å². The van der Waals surface area contributed by atoms with E-state index in [4.69, 9.17) is 5.11 Å². The summed E-state index contributed by atoms with van der Waals surface area (Å²) in [5.74, 6) is -2.13. The minimum absolute atomic E-state index is 0.0306. The Hall–Kier alpha value is -2.71. The van der Waals surface area contributed by atoms with E-state index < -0.39 is 24.5 Å². The summed E-state index contributed by atoms with van der Waals surface area (Å²) < 4.78 is 29.0. The third-order valence-electron chi connectivity index (χ3n) is 2.77. The van der Waals surface area contributed by atoms with Gasteiger partial charge < -0.3 is 9.84 Å². The number of carboxylic acid groups (broad SMARTS) is 1. The molecule has 1 aliphatic heterocycles. The maximum atomic E-state index is 12.4. The van der Waals surface area contributed by atoms with Crippen LogP contribution in [0.4, 0.5) is 19.3 Å². The number of ether oxygens (including phenoxy) is 1. The second-order valence-electron chi connectivity index (χ2n) is 4.12. The van der Waals surface area contributed by atoms with Crippen LogP contribution in [-0.2, 0) is 4.79 Å². The number of benzene rings is 1. The average molecular weight is 300 g/mol. The van der Waals surface area contributed by atoms with Gasteiger partial charge in [0.1, 0.15) is 5.75 Å². The highest BCUT2D eigenvalue weighted by molar-refractivity contribution is 6.06. The first kappa shape index (κ1) is 14.7. The molecule has 1 saturated heterocycles. The molecule has 1 heterocycles. The molecule has 0 aliphatic carbocycles. The van der Waals surface area contributed by atoms with E-state index in [1.54, 1.807) is 0 Å². The van der Waals surface area contributed by atoms with Gasteiger partial charge in [0.25, 0.3) is 0 Å². The van der Waals surface area contributed by atoms with Crippen molar-refractivity contribution in [3.8, 4) is 5.75 Å². The number of halogens is 2. The number of nitrogens with one attached hydrogen (secondary N) is 1. The van der Waals surface area contributed by atoms with E-state index in [0.29, 0.717) is 0 Å². The van der Waals surface area contributed by atoms with Crippen molar-refractivity contribution in [1.82, 2.24) is 5.32 Å². The van der Waals surface area contributed by atoms with Crippen molar-refractivity contribution in [2.45, 2.75) is 13.0 Å². The number of imide groups is 1. The normalized spacial score (nSPS) is 15.1. The average Bonchev–Trinajstić information content (AvgIpc) is 2.38. The van der Waals surface area contributed by atoms with Gasteiger partial charge in [-0.05, 0) is 18.2 Å². The highest BCUT2D eigenvalue weighted by atomic mass is 19.3. The Morgan fingerprint density at radius 3 is 2.67 bits per heavy atom. The standard InChI is InChI=1S/C12H10F2N2O5/c13-11(14)21-8-2-1-6(10(18)19)5-7(8)16-4-3-9(17)15-12(16)20/h1-2,5,11H,3-4H2,(H,18,19)(H,15,17,20). The number of nitrogens with zero attached hydrogens (tertiary/aromatic N) is 1. The number of carbonyl (C=O) groups is 3. The van der Waals surface area contributed by atoms with Crippen molar-refractivity contribution in [2.75, 3.05) is 11.4 Å².